The van der Waals surface area contributed by atoms with Gasteiger partial charge < -0.3 is 15.0 Å². The standard InChI is InChI=1S/C40H49N7O5/c1-4-8-33(38(50)43-25-48)30-13-11-28(12-14-30)29-17-20-46(21-18-29)19-7-22-52-32-15-16-35(41-23-32)44-40-42-24-34-26(2)36(27(3)49)39(51)47(37(34)45-40)31-9-5-6-10-31/h11-16,23-25,29,31,33H,4-10,17-22H2,1-3H3,(H,43,48,50)(H,41,42,44,45). The zero-order valence-corrected chi connectivity index (χ0v) is 30.4. The van der Waals surface area contributed by atoms with Gasteiger partial charge in [0.25, 0.3) is 5.56 Å². The number of imide groups is 1. The number of Topliss-reactive ketones (excluding diaryl/α,β-unsaturated/α-hetero) is 1. The van der Waals surface area contributed by atoms with Crippen LogP contribution in [0.5, 0.6) is 5.75 Å². The number of likely N-dealkylation sites (tertiary alicyclic amines) is 1. The van der Waals surface area contributed by atoms with Crippen LogP contribution < -0.4 is 20.9 Å². The Morgan fingerprint density at radius 3 is 2.42 bits per heavy atom. The molecular weight excluding hydrogens is 658 g/mol. The first-order valence-electron chi connectivity index (χ1n) is 18.6. The Balaban J connectivity index is 0.978. The van der Waals surface area contributed by atoms with Crippen LogP contribution in [0.25, 0.3) is 11.0 Å². The molecular formula is C40H49N7O5. The summed E-state index contributed by atoms with van der Waals surface area (Å²) in [5.74, 6) is 1.27. The Bertz CT molecular complexity index is 1930. The fraction of sp³-hybridized carbons (Fsp3) is 0.475. The molecule has 2 N–H and O–H groups in total. The van der Waals surface area contributed by atoms with Gasteiger partial charge in [0.1, 0.15) is 17.2 Å². The minimum atomic E-state index is -0.304. The van der Waals surface area contributed by atoms with Gasteiger partial charge in [0, 0.05) is 24.2 Å². The van der Waals surface area contributed by atoms with Gasteiger partial charge in [-0.25, -0.2) is 9.97 Å². The van der Waals surface area contributed by atoms with Gasteiger partial charge in [-0.2, -0.15) is 4.98 Å². The maximum absolute atomic E-state index is 13.5. The highest BCUT2D eigenvalue weighted by molar-refractivity contribution is 5.99. The molecule has 3 aromatic heterocycles. The van der Waals surface area contributed by atoms with E-state index in [9.17, 15) is 19.2 Å². The number of carbonyl (C=O) groups is 3. The van der Waals surface area contributed by atoms with Crippen LogP contribution in [0.15, 0.2) is 53.6 Å². The number of rotatable bonds is 15. The summed E-state index contributed by atoms with van der Waals surface area (Å²) in [7, 11) is 0. The molecule has 1 saturated carbocycles. The molecule has 4 heterocycles. The monoisotopic (exact) mass is 707 g/mol. The number of anilines is 2. The van der Waals surface area contributed by atoms with Crippen molar-refractivity contribution in [2.75, 3.05) is 31.6 Å². The molecule has 1 aromatic carbocycles. The Labute approximate surface area is 304 Å². The molecule has 0 bridgehead atoms. The number of hydrogen-bond donors (Lipinski definition) is 2. The average Bonchev–Trinajstić information content (AvgIpc) is 3.68. The van der Waals surface area contributed by atoms with Crippen LogP contribution in [0.1, 0.15) is 117 Å². The number of amides is 2. The van der Waals surface area contributed by atoms with Crippen molar-refractivity contribution in [1.29, 1.82) is 0 Å². The van der Waals surface area contributed by atoms with Crippen molar-refractivity contribution >= 4 is 40.9 Å². The number of aryl methyl sites for hydroxylation is 1. The van der Waals surface area contributed by atoms with Crippen molar-refractivity contribution in [2.24, 2.45) is 0 Å². The number of carbonyl (C=O) groups excluding carboxylic acids is 3. The number of benzene rings is 1. The first-order valence-corrected chi connectivity index (χ1v) is 18.6. The maximum atomic E-state index is 13.5. The maximum Gasteiger partial charge on any atom is 0.263 e. The van der Waals surface area contributed by atoms with Gasteiger partial charge >= 0.3 is 0 Å². The van der Waals surface area contributed by atoms with Crippen LogP contribution in [-0.2, 0) is 9.59 Å². The summed E-state index contributed by atoms with van der Waals surface area (Å²) in [5.41, 5.74) is 3.35. The number of nitrogens with one attached hydrogen (secondary N) is 2. The highest BCUT2D eigenvalue weighted by atomic mass is 16.5. The topological polar surface area (TPSA) is 148 Å². The Morgan fingerprint density at radius 1 is 1.02 bits per heavy atom. The molecule has 2 amide bonds. The molecule has 0 spiro atoms. The second-order valence-electron chi connectivity index (χ2n) is 14.1. The smallest absolute Gasteiger partial charge is 0.263 e. The highest BCUT2D eigenvalue weighted by Crippen LogP contribution is 2.33. The van der Waals surface area contributed by atoms with Crippen molar-refractivity contribution in [3.8, 4) is 5.75 Å². The van der Waals surface area contributed by atoms with Crippen LogP contribution in [0.2, 0.25) is 0 Å². The Morgan fingerprint density at radius 2 is 1.77 bits per heavy atom. The van der Waals surface area contributed by atoms with Crippen LogP contribution >= 0.6 is 0 Å². The van der Waals surface area contributed by atoms with E-state index < -0.39 is 0 Å². The van der Waals surface area contributed by atoms with Crippen molar-refractivity contribution in [3.05, 3.63) is 81.4 Å². The molecule has 0 radical (unpaired) electrons. The number of hydrogen-bond acceptors (Lipinski definition) is 10. The summed E-state index contributed by atoms with van der Waals surface area (Å²) in [6.45, 7) is 8.86. The van der Waals surface area contributed by atoms with Crippen molar-refractivity contribution < 1.29 is 19.1 Å². The third-order valence-electron chi connectivity index (χ3n) is 10.6. The van der Waals surface area contributed by atoms with Crippen LogP contribution in [0.3, 0.4) is 0 Å². The summed E-state index contributed by atoms with van der Waals surface area (Å²) in [6, 6.07) is 12.1. The van der Waals surface area contributed by atoms with Gasteiger partial charge in [-0.15, -0.1) is 0 Å². The Kier molecular flexibility index (Phi) is 12.1. The third-order valence-corrected chi connectivity index (χ3v) is 10.6. The summed E-state index contributed by atoms with van der Waals surface area (Å²) in [5, 5.41) is 6.18. The van der Waals surface area contributed by atoms with E-state index in [0.717, 1.165) is 76.6 Å². The summed E-state index contributed by atoms with van der Waals surface area (Å²) in [4.78, 5) is 65.3. The summed E-state index contributed by atoms with van der Waals surface area (Å²) < 4.78 is 7.70. The lowest BCUT2D eigenvalue weighted by Gasteiger charge is -2.32. The van der Waals surface area contributed by atoms with Crippen molar-refractivity contribution in [1.82, 2.24) is 29.7 Å². The molecule has 2 aliphatic rings. The fourth-order valence-corrected chi connectivity index (χ4v) is 7.83. The van der Waals surface area contributed by atoms with Crippen LogP contribution in [-0.4, -0.2) is 68.8 Å². The van der Waals surface area contributed by atoms with Gasteiger partial charge in [-0.1, -0.05) is 50.5 Å². The van der Waals surface area contributed by atoms with Crippen LogP contribution in [0, 0.1) is 6.92 Å². The molecule has 2 fully saturated rings. The average molecular weight is 708 g/mol. The van der Waals surface area contributed by atoms with Gasteiger partial charge in [-0.05, 0) is 100 Å². The molecule has 52 heavy (non-hydrogen) atoms. The van der Waals surface area contributed by atoms with E-state index in [1.807, 2.05) is 31.2 Å². The van der Waals surface area contributed by atoms with E-state index in [-0.39, 0.29) is 34.8 Å². The molecule has 6 rings (SSSR count). The first kappa shape index (κ1) is 36.8. The lowest BCUT2D eigenvalue weighted by molar-refractivity contribution is -0.126. The minimum Gasteiger partial charge on any atom is -0.492 e. The molecule has 1 atom stereocenters. The number of aromatic nitrogens is 4. The normalized spacial score (nSPS) is 16.1. The molecule has 1 aliphatic heterocycles. The largest absolute Gasteiger partial charge is 0.492 e. The van der Waals surface area contributed by atoms with Gasteiger partial charge in [0.05, 0.1) is 24.3 Å². The second kappa shape index (κ2) is 17.0. The molecule has 4 aromatic rings. The predicted octanol–water partition coefficient (Wildman–Crippen LogP) is 6.36. The molecule has 1 saturated heterocycles. The Hall–Kier alpha value is -4.97. The lowest BCUT2D eigenvalue weighted by atomic mass is 9.86. The van der Waals surface area contributed by atoms with Gasteiger partial charge in [0.2, 0.25) is 18.3 Å². The summed E-state index contributed by atoms with van der Waals surface area (Å²) in [6.07, 6.45) is 12.3. The number of ketones is 1. The third kappa shape index (κ3) is 8.39. The number of ether oxygens (including phenoxy) is 1. The predicted molar refractivity (Wildman–Crippen MR) is 200 cm³/mol. The number of piperidine rings is 1. The zero-order chi connectivity index (χ0) is 36.6. The number of fused-ring (bicyclic) bond motifs is 1. The van der Waals surface area contributed by atoms with E-state index in [2.05, 4.69) is 37.6 Å². The molecule has 274 valence electrons. The van der Waals surface area contributed by atoms with E-state index in [1.165, 1.54) is 12.5 Å². The van der Waals surface area contributed by atoms with E-state index in [4.69, 9.17) is 9.72 Å². The quantitative estimate of drug-likeness (QED) is 0.0812. The number of pyridine rings is 2. The van der Waals surface area contributed by atoms with E-state index in [1.54, 1.807) is 23.9 Å². The molecule has 1 aliphatic carbocycles. The second-order valence-corrected chi connectivity index (χ2v) is 14.1. The SMILES string of the molecule is CCCC(C(=O)NC=O)c1ccc(C2CCN(CCCOc3ccc(Nc4ncc5c(C)c(C(C)=O)c(=O)n(C6CCCC6)c5n4)nc3)CC2)cc1. The lowest BCUT2D eigenvalue weighted by Crippen LogP contribution is -2.34. The van der Waals surface area contributed by atoms with Crippen molar-refractivity contribution in [3.63, 3.8) is 0 Å². The zero-order valence-electron chi connectivity index (χ0n) is 30.4. The van der Waals surface area contributed by atoms with Crippen molar-refractivity contribution in [2.45, 2.75) is 96.4 Å². The molecule has 12 nitrogen and oxygen atoms in total. The van der Waals surface area contributed by atoms with Gasteiger partial charge in [-0.3, -0.25) is 29.1 Å². The summed E-state index contributed by atoms with van der Waals surface area (Å²) >= 11 is 0. The van der Waals surface area contributed by atoms with E-state index >= 15 is 0 Å². The van der Waals surface area contributed by atoms with Gasteiger partial charge in [0.15, 0.2) is 5.78 Å². The van der Waals surface area contributed by atoms with E-state index in [0.29, 0.717) is 59.5 Å². The fourth-order valence-electron chi connectivity index (χ4n) is 7.83. The molecule has 1 unspecified atom stereocenters. The molecule has 12 heteroatoms. The van der Waals surface area contributed by atoms with Crippen LogP contribution in [0.4, 0.5) is 11.8 Å². The first-order chi connectivity index (χ1) is 25.3. The number of nitrogens with zero attached hydrogens (tertiary/aromatic N) is 5. The minimum absolute atomic E-state index is 0.0133. The highest BCUT2D eigenvalue weighted by Gasteiger charge is 2.26.